The lowest BCUT2D eigenvalue weighted by Gasteiger charge is -2.23. The first-order valence-corrected chi connectivity index (χ1v) is 4.70. The minimum atomic E-state index is -3.43. The van der Waals surface area contributed by atoms with Crippen LogP contribution >= 0.6 is 0 Å². The van der Waals surface area contributed by atoms with E-state index in [1.807, 2.05) is 0 Å². The number of rotatable bonds is 2. The average Bonchev–Trinajstić information content (AvgIpc) is 1.53. The van der Waals surface area contributed by atoms with Gasteiger partial charge in [0.05, 0.1) is 5.75 Å². The van der Waals surface area contributed by atoms with Gasteiger partial charge in [0.15, 0.2) is 0 Å². The van der Waals surface area contributed by atoms with E-state index in [9.17, 15) is 8.42 Å². The third-order valence-corrected chi connectivity index (χ3v) is 2.59. The molecule has 1 aliphatic carbocycles. The fourth-order valence-electron chi connectivity index (χ4n) is 0.970. The van der Waals surface area contributed by atoms with E-state index in [1.165, 1.54) is 0 Å². The van der Waals surface area contributed by atoms with Crippen molar-refractivity contribution in [3.63, 3.8) is 0 Å². The van der Waals surface area contributed by atoms with Crippen molar-refractivity contribution in [2.24, 2.45) is 5.92 Å². The predicted octanol–water partition coefficient (Wildman–Crippen LogP) is 0.399. The molecule has 0 amide bonds. The third kappa shape index (κ3) is 2.32. The van der Waals surface area contributed by atoms with E-state index in [2.05, 4.69) is 0 Å². The van der Waals surface area contributed by atoms with E-state index < -0.39 is 10.0 Å². The molecular formula is C5H10NO2S. The van der Waals surface area contributed by atoms with Crippen LogP contribution in [-0.2, 0) is 10.0 Å². The number of hydrogen-bond acceptors (Lipinski definition) is 2. The lowest BCUT2D eigenvalue weighted by Crippen LogP contribution is -2.22. The van der Waals surface area contributed by atoms with Gasteiger partial charge < -0.3 is 0 Å². The number of nitrogens with one attached hydrogen (secondary N) is 1. The second-order valence-electron chi connectivity index (χ2n) is 2.58. The van der Waals surface area contributed by atoms with Crippen molar-refractivity contribution in [3.05, 3.63) is 0 Å². The largest absolute Gasteiger partial charge is 0.225 e. The molecule has 0 aliphatic heterocycles. The smallest absolute Gasteiger partial charge is 0.211 e. The summed E-state index contributed by atoms with van der Waals surface area (Å²) in [7, 11) is -3.43. The molecule has 1 N–H and O–H groups in total. The van der Waals surface area contributed by atoms with Crippen LogP contribution in [0.5, 0.6) is 0 Å². The van der Waals surface area contributed by atoms with Gasteiger partial charge in [0.2, 0.25) is 10.0 Å². The van der Waals surface area contributed by atoms with Gasteiger partial charge in [-0.25, -0.2) is 8.42 Å². The lowest BCUT2D eigenvalue weighted by atomic mass is 9.87. The van der Waals surface area contributed by atoms with Crippen molar-refractivity contribution >= 4 is 10.0 Å². The summed E-state index contributed by atoms with van der Waals surface area (Å²) in [6, 6.07) is 0. The van der Waals surface area contributed by atoms with E-state index in [0.717, 1.165) is 19.3 Å². The minimum absolute atomic E-state index is 0.0764. The zero-order chi connectivity index (χ0) is 6.91. The lowest BCUT2D eigenvalue weighted by molar-refractivity contribution is 0.347. The molecule has 3 nitrogen and oxygen atoms in total. The zero-order valence-corrected chi connectivity index (χ0v) is 5.95. The SMILES string of the molecule is [NH]S(=O)(=O)CC1CCC1. The quantitative estimate of drug-likeness (QED) is 0.569. The van der Waals surface area contributed by atoms with Crippen molar-refractivity contribution in [3.8, 4) is 0 Å². The highest BCUT2D eigenvalue weighted by Gasteiger charge is 2.22. The molecular weight excluding hydrogens is 138 g/mol. The van der Waals surface area contributed by atoms with Gasteiger partial charge in [0, 0.05) is 0 Å². The Morgan fingerprint density at radius 2 is 2.00 bits per heavy atom. The molecule has 53 valence electrons. The van der Waals surface area contributed by atoms with Crippen LogP contribution in [-0.4, -0.2) is 14.2 Å². The minimum Gasteiger partial charge on any atom is -0.211 e. The summed E-state index contributed by atoms with van der Waals surface area (Å²) in [6.07, 6.45) is 3.14. The van der Waals surface area contributed by atoms with Crippen LogP contribution in [0, 0.1) is 5.92 Å². The summed E-state index contributed by atoms with van der Waals surface area (Å²) in [4.78, 5) is 0. The highest BCUT2D eigenvalue weighted by molar-refractivity contribution is 7.88. The molecule has 0 aromatic rings. The molecule has 0 bridgehead atoms. The molecule has 9 heavy (non-hydrogen) atoms. The Hall–Kier alpha value is -0.0900. The highest BCUT2D eigenvalue weighted by atomic mass is 32.2. The second kappa shape index (κ2) is 2.27. The molecule has 0 spiro atoms. The first kappa shape index (κ1) is 7.02. The summed E-state index contributed by atoms with van der Waals surface area (Å²) in [5.41, 5.74) is 0. The molecule has 1 rings (SSSR count). The first-order chi connectivity index (χ1) is 4.08. The van der Waals surface area contributed by atoms with Crippen LogP contribution in [0.3, 0.4) is 0 Å². The molecule has 4 heteroatoms. The van der Waals surface area contributed by atoms with Crippen molar-refractivity contribution in [1.82, 2.24) is 5.14 Å². The predicted molar refractivity (Wildman–Crippen MR) is 34.2 cm³/mol. The van der Waals surface area contributed by atoms with Crippen LogP contribution in [0.15, 0.2) is 0 Å². The van der Waals surface area contributed by atoms with Gasteiger partial charge in [-0.1, -0.05) is 6.42 Å². The zero-order valence-electron chi connectivity index (χ0n) is 5.13. The van der Waals surface area contributed by atoms with Crippen molar-refractivity contribution in [2.45, 2.75) is 19.3 Å². The summed E-state index contributed by atoms with van der Waals surface area (Å²) in [6.45, 7) is 0. The van der Waals surface area contributed by atoms with E-state index >= 15 is 0 Å². The molecule has 0 atom stereocenters. The molecule has 1 fully saturated rings. The number of hydrogen-bond donors (Lipinski definition) is 0. The van der Waals surface area contributed by atoms with Gasteiger partial charge in [-0.2, -0.15) is 0 Å². The summed E-state index contributed by atoms with van der Waals surface area (Å²) < 4.78 is 20.6. The molecule has 1 saturated carbocycles. The van der Waals surface area contributed by atoms with Crippen LogP contribution in [0.1, 0.15) is 19.3 Å². The monoisotopic (exact) mass is 148 g/mol. The van der Waals surface area contributed by atoms with Crippen LogP contribution in [0.25, 0.3) is 0 Å². The van der Waals surface area contributed by atoms with Gasteiger partial charge in [-0.15, -0.1) is 5.14 Å². The van der Waals surface area contributed by atoms with E-state index in [4.69, 9.17) is 5.14 Å². The average molecular weight is 148 g/mol. The van der Waals surface area contributed by atoms with Gasteiger partial charge in [-0.3, -0.25) is 0 Å². The van der Waals surface area contributed by atoms with Crippen molar-refractivity contribution in [1.29, 1.82) is 0 Å². The van der Waals surface area contributed by atoms with Crippen molar-refractivity contribution in [2.75, 3.05) is 5.75 Å². The highest BCUT2D eigenvalue weighted by Crippen LogP contribution is 2.26. The Kier molecular flexibility index (Phi) is 1.77. The third-order valence-electron chi connectivity index (χ3n) is 1.68. The van der Waals surface area contributed by atoms with Crippen LogP contribution < -0.4 is 5.14 Å². The normalized spacial score (nSPS) is 21.4. The molecule has 0 aromatic heterocycles. The maximum absolute atomic E-state index is 10.3. The molecule has 0 heterocycles. The number of sulfonamides is 1. The van der Waals surface area contributed by atoms with E-state index in [1.54, 1.807) is 0 Å². The fourth-order valence-corrected chi connectivity index (χ4v) is 1.92. The van der Waals surface area contributed by atoms with Gasteiger partial charge in [-0.05, 0) is 18.8 Å². The molecule has 1 aliphatic rings. The standard InChI is InChI=1S/C5H10NO2S/c6-9(7,8)4-5-2-1-3-5/h5-6H,1-4H2. The van der Waals surface area contributed by atoms with E-state index in [0.29, 0.717) is 5.92 Å². The second-order valence-corrected chi connectivity index (χ2v) is 4.14. The van der Waals surface area contributed by atoms with Crippen LogP contribution in [0.2, 0.25) is 0 Å². The molecule has 0 unspecified atom stereocenters. The van der Waals surface area contributed by atoms with Gasteiger partial charge in [0.1, 0.15) is 0 Å². The molecule has 0 saturated heterocycles. The van der Waals surface area contributed by atoms with Crippen LogP contribution in [0.4, 0.5) is 0 Å². The Balaban J connectivity index is 2.33. The van der Waals surface area contributed by atoms with E-state index in [-0.39, 0.29) is 5.75 Å². The molecule has 0 aromatic carbocycles. The summed E-state index contributed by atoms with van der Waals surface area (Å²) in [5.74, 6) is 0.375. The Morgan fingerprint density at radius 3 is 2.11 bits per heavy atom. The summed E-state index contributed by atoms with van der Waals surface area (Å²) in [5, 5.41) is 6.57. The van der Waals surface area contributed by atoms with Crippen molar-refractivity contribution < 1.29 is 8.42 Å². The summed E-state index contributed by atoms with van der Waals surface area (Å²) >= 11 is 0. The fraction of sp³-hybridized carbons (Fsp3) is 1.00. The molecule has 1 radical (unpaired) electrons. The van der Waals surface area contributed by atoms with Gasteiger partial charge in [0.25, 0.3) is 0 Å². The topological polar surface area (TPSA) is 57.9 Å². The maximum Gasteiger partial charge on any atom is 0.225 e. The first-order valence-electron chi connectivity index (χ1n) is 3.05. The Morgan fingerprint density at radius 1 is 1.44 bits per heavy atom. The maximum atomic E-state index is 10.3. The van der Waals surface area contributed by atoms with Gasteiger partial charge >= 0.3 is 0 Å². The Labute approximate surface area is 55.3 Å². The Bertz CT molecular complexity index is 181.